The maximum Gasteiger partial charge on any atom is 0.417 e. The number of para-hydroxylation sites is 1. The van der Waals surface area contributed by atoms with Gasteiger partial charge in [0.15, 0.2) is 0 Å². The van der Waals surface area contributed by atoms with Crippen LogP contribution in [-0.4, -0.2) is 33.9 Å². The minimum Gasteiger partial charge on any atom is -0.494 e. The number of hydrogen-bond acceptors (Lipinski definition) is 5. The molecule has 7 nitrogen and oxygen atoms in total. The first-order chi connectivity index (χ1) is 12.0. The van der Waals surface area contributed by atoms with E-state index in [1.807, 2.05) is 6.07 Å². The molecule has 0 spiro atoms. The molecule has 0 aliphatic carbocycles. The van der Waals surface area contributed by atoms with Gasteiger partial charge in [0.05, 0.1) is 18.6 Å². The molecule has 1 heterocycles. The SMILES string of the molecule is COc1cc(NC(=O)Oc2ccccc2)ccc1N1CCCS1(=O)=O. The summed E-state index contributed by atoms with van der Waals surface area (Å²) in [5.41, 5.74) is 0.903. The zero-order chi connectivity index (χ0) is 17.9. The van der Waals surface area contributed by atoms with Gasteiger partial charge in [-0.2, -0.15) is 0 Å². The minimum atomic E-state index is -3.31. The molecule has 0 aromatic heterocycles. The van der Waals surface area contributed by atoms with E-state index in [0.29, 0.717) is 35.8 Å². The van der Waals surface area contributed by atoms with Crippen molar-refractivity contribution in [3.8, 4) is 11.5 Å². The number of methoxy groups -OCH3 is 1. The fourth-order valence-corrected chi connectivity index (χ4v) is 4.18. The number of anilines is 2. The van der Waals surface area contributed by atoms with Gasteiger partial charge in [0.1, 0.15) is 11.5 Å². The molecule has 1 aliphatic rings. The average molecular weight is 362 g/mol. The minimum absolute atomic E-state index is 0.125. The van der Waals surface area contributed by atoms with Crippen LogP contribution in [0.1, 0.15) is 6.42 Å². The van der Waals surface area contributed by atoms with E-state index in [2.05, 4.69) is 5.32 Å². The van der Waals surface area contributed by atoms with Gasteiger partial charge in [-0.25, -0.2) is 13.2 Å². The number of nitrogens with one attached hydrogen (secondary N) is 1. The maximum absolute atomic E-state index is 12.1. The van der Waals surface area contributed by atoms with Gasteiger partial charge in [-0.1, -0.05) is 18.2 Å². The van der Waals surface area contributed by atoms with Crippen LogP contribution in [0.3, 0.4) is 0 Å². The normalized spacial score (nSPS) is 15.6. The van der Waals surface area contributed by atoms with Gasteiger partial charge in [-0.15, -0.1) is 0 Å². The highest BCUT2D eigenvalue weighted by molar-refractivity contribution is 7.93. The first-order valence-electron chi connectivity index (χ1n) is 7.72. The van der Waals surface area contributed by atoms with Crippen molar-refractivity contribution in [2.45, 2.75) is 6.42 Å². The Labute approximate surface area is 146 Å². The molecule has 0 unspecified atom stereocenters. The van der Waals surface area contributed by atoms with Crippen molar-refractivity contribution in [3.63, 3.8) is 0 Å². The molecular weight excluding hydrogens is 344 g/mol. The summed E-state index contributed by atoms with van der Waals surface area (Å²) in [5.74, 6) is 0.911. The number of carbonyl (C=O) groups excluding carboxylic acids is 1. The lowest BCUT2D eigenvalue weighted by atomic mass is 10.2. The zero-order valence-electron chi connectivity index (χ0n) is 13.6. The lowest BCUT2D eigenvalue weighted by Crippen LogP contribution is -2.25. The predicted molar refractivity (Wildman–Crippen MR) is 94.8 cm³/mol. The van der Waals surface area contributed by atoms with E-state index in [9.17, 15) is 13.2 Å². The first kappa shape index (κ1) is 17.1. The Bertz CT molecular complexity index is 868. The van der Waals surface area contributed by atoms with Gasteiger partial charge in [-0.05, 0) is 30.7 Å². The Morgan fingerprint density at radius 1 is 1.16 bits per heavy atom. The van der Waals surface area contributed by atoms with Crippen LogP contribution in [0.2, 0.25) is 0 Å². The third-order valence-electron chi connectivity index (χ3n) is 3.75. The van der Waals surface area contributed by atoms with Crippen LogP contribution < -0.4 is 19.1 Å². The largest absolute Gasteiger partial charge is 0.494 e. The van der Waals surface area contributed by atoms with Crippen LogP contribution in [0.25, 0.3) is 0 Å². The molecule has 0 bridgehead atoms. The van der Waals surface area contributed by atoms with E-state index in [1.54, 1.807) is 42.5 Å². The molecule has 1 N–H and O–H groups in total. The Kier molecular flexibility index (Phi) is 4.80. The van der Waals surface area contributed by atoms with Crippen LogP contribution >= 0.6 is 0 Å². The second-order valence-electron chi connectivity index (χ2n) is 5.46. The summed E-state index contributed by atoms with van der Waals surface area (Å²) < 4.78 is 35.9. The molecule has 8 heteroatoms. The van der Waals surface area contributed by atoms with Crippen molar-refractivity contribution < 1.29 is 22.7 Å². The molecule has 0 radical (unpaired) electrons. The number of sulfonamides is 1. The van der Waals surface area contributed by atoms with Crippen LogP contribution in [0.5, 0.6) is 11.5 Å². The van der Waals surface area contributed by atoms with E-state index < -0.39 is 16.1 Å². The highest BCUT2D eigenvalue weighted by Crippen LogP contribution is 2.35. The third-order valence-corrected chi connectivity index (χ3v) is 5.60. The third kappa shape index (κ3) is 3.85. The fourth-order valence-electron chi connectivity index (χ4n) is 2.61. The van der Waals surface area contributed by atoms with Crippen molar-refractivity contribution in [1.29, 1.82) is 0 Å². The summed E-state index contributed by atoms with van der Waals surface area (Å²) in [6.45, 7) is 0.418. The van der Waals surface area contributed by atoms with Crippen LogP contribution in [0.4, 0.5) is 16.2 Å². The van der Waals surface area contributed by atoms with E-state index in [1.165, 1.54) is 11.4 Å². The maximum atomic E-state index is 12.1. The highest BCUT2D eigenvalue weighted by atomic mass is 32.2. The number of nitrogens with zero attached hydrogens (tertiary/aromatic N) is 1. The van der Waals surface area contributed by atoms with Crippen LogP contribution in [0, 0.1) is 0 Å². The predicted octanol–water partition coefficient (Wildman–Crippen LogP) is 2.85. The van der Waals surface area contributed by atoms with Crippen LogP contribution in [0.15, 0.2) is 48.5 Å². The van der Waals surface area contributed by atoms with Gasteiger partial charge < -0.3 is 9.47 Å². The topological polar surface area (TPSA) is 84.9 Å². The molecule has 3 rings (SSSR count). The second-order valence-corrected chi connectivity index (χ2v) is 7.47. The lowest BCUT2D eigenvalue weighted by molar-refractivity contribution is 0.215. The summed E-state index contributed by atoms with van der Waals surface area (Å²) in [5, 5.41) is 2.59. The lowest BCUT2D eigenvalue weighted by Gasteiger charge is -2.20. The number of hydrogen-bond donors (Lipinski definition) is 1. The number of ether oxygens (including phenoxy) is 2. The standard InChI is InChI=1S/C17H18N2O5S/c1-23-16-12-13(18-17(20)24-14-6-3-2-4-7-14)8-9-15(16)19-10-5-11-25(19,21)22/h2-4,6-9,12H,5,10-11H2,1H3,(H,18,20). The van der Waals surface area contributed by atoms with Crippen molar-refractivity contribution >= 4 is 27.5 Å². The quantitative estimate of drug-likeness (QED) is 0.904. The van der Waals surface area contributed by atoms with Crippen molar-refractivity contribution in [3.05, 3.63) is 48.5 Å². The molecule has 1 amide bonds. The molecule has 1 saturated heterocycles. The fraction of sp³-hybridized carbons (Fsp3) is 0.235. The van der Waals surface area contributed by atoms with Crippen LogP contribution in [-0.2, 0) is 10.0 Å². The Balaban J connectivity index is 1.76. The van der Waals surface area contributed by atoms with Crippen molar-refractivity contribution in [1.82, 2.24) is 0 Å². The van der Waals surface area contributed by atoms with E-state index in [4.69, 9.17) is 9.47 Å². The average Bonchev–Trinajstić information content (AvgIpc) is 2.94. The highest BCUT2D eigenvalue weighted by Gasteiger charge is 2.30. The molecule has 2 aromatic carbocycles. The summed E-state index contributed by atoms with van der Waals surface area (Å²) in [4.78, 5) is 11.9. The Hall–Kier alpha value is -2.74. The van der Waals surface area contributed by atoms with Gasteiger partial charge >= 0.3 is 6.09 Å². The Morgan fingerprint density at radius 3 is 2.56 bits per heavy atom. The summed E-state index contributed by atoms with van der Waals surface area (Å²) >= 11 is 0. The summed E-state index contributed by atoms with van der Waals surface area (Å²) in [6.07, 6.45) is -0.0654. The second kappa shape index (κ2) is 7.02. The molecule has 25 heavy (non-hydrogen) atoms. The summed E-state index contributed by atoms with van der Waals surface area (Å²) in [7, 11) is -1.86. The van der Waals surface area contributed by atoms with Crippen molar-refractivity contribution in [2.24, 2.45) is 0 Å². The molecule has 132 valence electrons. The molecule has 1 aliphatic heterocycles. The zero-order valence-corrected chi connectivity index (χ0v) is 14.5. The molecule has 2 aromatic rings. The summed E-state index contributed by atoms with van der Waals surface area (Å²) in [6, 6.07) is 13.5. The smallest absolute Gasteiger partial charge is 0.417 e. The number of benzene rings is 2. The van der Waals surface area contributed by atoms with Gasteiger partial charge in [0.2, 0.25) is 10.0 Å². The van der Waals surface area contributed by atoms with Gasteiger partial charge in [0.25, 0.3) is 0 Å². The monoisotopic (exact) mass is 362 g/mol. The number of amides is 1. The molecular formula is C17H18N2O5S. The van der Waals surface area contributed by atoms with Gasteiger partial charge in [0, 0.05) is 18.3 Å². The number of carbonyl (C=O) groups is 1. The molecule has 0 atom stereocenters. The number of rotatable bonds is 4. The molecule has 1 fully saturated rings. The van der Waals surface area contributed by atoms with Gasteiger partial charge in [-0.3, -0.25) is 9.62 Å². The van der Waals surface area contributed by atoms with E-state index >= 15 is 0 Å². The molecule has 0 saturated carbocycles. The van der Waals surface area contributed by atoms with Crippen molar-refractivity contribution in [2.75, 3.05) is 29.0 Å². The first-order valence-corrected chi connectivity index (χ1v) is 9.33. The Morgan fingerprint density at radius 2 is 1.92 bits per heavy atom. The van der Waals surface area contributed by atoms with E-state index in [-0.39, 0.29) is 5.75 Å². The van der Waals surface area contributed by atoms with E-state index in [0.717, 1.165) is 0 Å².